The lowest BCUT2D eigenvalue weighted by Crippen LogP contribution is -2.41. The van der Waals surface area contributed by atoms with Crippen LogP contribution < -0.4 is 10.9 Å². The van der Waals surface area contributed by atoms with Crippen molar-refractivity contribution in [2.45, 2.75) is 72.5 Å². The summed E-state index contributed by atoms with van der Waals surface area (Å²) in [6.45, 7) is 11.8. The Kier molecular flexibility index (Phi) is 6.95. The van der Waals surface area contributed by atoms with Crippen molar-refractivity contribution in [3.8, 4) is 0 Å². The van der Waals surface area contributed by atoms with E-state index in [1.54, 1.807) is 16.8 Å². The van der Waals surface area contributed by atoms with Gasteiger partial charge in [0.05, 0.1) is 12.6 Å². The number of aryl methyl sites for hydroxylation is 1. The number of nitrogens with one attached hydrogen (secondary N) is 1. The molecule has 2 aromatic heterocycles. The minimum absolute atomic E-state index is 0.0195. The van der Waals surface area contributed by atoms with Gasteiger partial charge in [0.25, 0.3) is 11.5 Å². The maximum Gasteiger partial charge on any atom is 0.260 e. The van der Waals surface area contributed by atoms with Gasteiger partial charge in [-0.15, -0.1) is 0 Å². The molecule has 8 heteroatoms. The number of benzene rings is 1. The fourth-order valence-electron chi connectivity index (χ4n) is 4.63. The van der Waals surface area contributed by atoms with E-state index in [0.29, 0.717) is 37.7 Å². The van der Waals surface area contributed by atoms with E-state index in [0.717, 1.165) is 22.1 Å². The van der Waals surface area contributed by atoms with Crippen LogP contribution in [-0.2, 0) is 13.1 Å². The third-order valence-electron chi connectivity index (χ3n) is 6.39. The number of rotatable bonds is 6. The summed E-state index contributed by atoms with van der Waals surface area (Å²) >= 11 is 0. The van der Waals surface area contributed by atoms with Crippen molar-refractivity contribution >= 4 is 17.0 Å². The molecule has 0 bridgehead atoms. The van der Waals surface area contributed by atoms with Gasteiger partial charge in [0.15, 0.2) is 0 Å². The van der Waals surface area contributed by atoms with Crippen molar-refractivity contribution in [3.63, 3.8) is 0 Å². The second-order valence-electron chi connectivity index (χ2n) is 11.0. The molecule has 1 saturated heterocycles. The molecule has 3 aromatic rings. The standard InChI is InChI=1S/C27H35F2N5O/c1-18-13-23(35)34(16-26(3,4)5)24-22(18)14-30-25(32-24)31-19(2)21-9-7-20(8-10-21)15-33-12-6-11-27(28,29)17-33/h7-10,13-14,19H,6,11-12,15-17H2,1-5H3,(H,30,31,32). The molecule has 4 rings (SSSR count). The highest BCUT2D eigenvalue weighted by atomic mass is 19.3. The number of halogens is 2. The highest BCUT2D eigenvalue weighted by Gasteiger charge is 2.34. The highest BCUT2D eigenvalue weighted by molar-refractivity contribution is 5.79. The van der Waals surface area contributed by atoms with Crippen molar-refractivity contribution in [1.29, 1.82) is 0 Å². The van der Waals surface area contributed by atoms with E-state index in [1.807, 2.05) is 43.0 Å². The Morgan fingerprint density at radius 2 is 1.91 bits per heavy atom. The quantitative estimate of drug-likeness (QED) is 0.498. The van der Waals surface area contributed by atoms with E-state index in [9.17, 15) is 13.6 Å². The molecule has 0 radical (unpaired) electrons. The van der Waals surface area contributed by atoms with Gasteiger partial charge in [0.1, 0.15) is 5.65 Å². The summed E-state index contributed by atoms with van der Waals surface area (Å²) in [6.07, 6.45) is 2.28. The van der Waals surface area contributed by atoms with Crippen LogP contribution in [0.2, 0.25) is 0 Å². The van der Waals surface area contributed by atoms with Crippen molar-refractivity contribution in [2.24, 2.45) is 5.41 Å². The number of likely N-dealkylation sites (tertiary alicyclic amines) is 1. The van der Waals surface area contributed by atoms with E-state index >= 15 is 0 Å². The zero-order chi connectivity index (χ0) is 25.4. The number of fused-ring (bicyclic) bond motifs is 1. The molecule has 6 nitrogen and oxygen atoms in total. The minimum atomic E-state index is -2.59. The Bertz CT molecular complexity index is 1250. The molecule has 1 aliphatic rings. The zero-order valence-electron chi connectivity index (χ0n) is 21.2. The van der Waals surface area contributed by atoms with Crippen molar-refractivity contribution in [2.75, 3.05) is 18.4 Å². The number of aromatic nitrogens is 3. The molecule has 0 aliphatic carbocycles. The Morgan fingerprint density at radius 3 is 2.57 bits per heavy atom. The molecular weight excluding hydrogens is 448 g/mol. The predicted octanol–water partition coefficient (Wildman–Crippen LogP) is 5.55. The number of hydrogen-bond acceptors (Lipinski definition) is 5. The zero-order valence-corrected chi connectivity index (χ0v) is 21.2. The van der Waals surface area contributed by atoms with E-state index < -0.39 is 5.92 Å². The topological polar surface area (TPSA) is 63.1 Å². The first kappa shape index (κ1) is 25.2. The second kappa shape index (κ2) is 9.64. The van der Waals surface area contributed by atoms with Gasteiger partial charge < -0.3 is 5.32 Å². The van der Waals surface area contributed by atoms with Gasteiger partial charge in [-0.3, -0.25) is 14.3 Å². The molecule has 0 amide bonds. The lowest BCUT2D eigenvalue weighted by molar-refractivity contribution is -0.0661. The molecular formula is C27H35F2N5O. The molecule has 0 spiro atoms. The monoisotopic (exact) mass is 483 g/mol. The minimum Gasteiger partial charge on any atom is -0.348 e. The average molecular weight is 484 g/mol. The maximum absolute atomic E-state index is 13.7. The number of nitrogens with zero attached hydrogens (tertiary/aromatic N) is 4. The molecule has 1 N–H and O–H groups in total. The predicted molar refractivity (Wildman–Crippen MR) is 136 cm³/mol. The van der Waals surface area contributed by atoms with Gasteiger partial charge in [-0.05, 0) is 48.9 Å². The first-order chi connectivity index (χ1) is 16.4. The second-order valence-corrected chi connectivity index (χ2v) is 11.0. The van der Waals surface area contributed by atoms with Crippen molar-refractivity contribution in [1.82, 2.24) is 19.4 Å². The molecule has 0 saturated carbocycles. The molecule has 1 aromatic carbocycles. The smallest absolute Gasteiger partial charge is 0.260 e. The van der Waals surface area contributed by atoms with Crippen LogP contribution in [0.4, 0.5) is 14.7 Å². The first-order valence-corrected chi connectivity index (χ1v) is 12.2. The largest absolute Gasteiger partial charge is 0.348 e. The van der Waals surface area contributed by atoms with Crippen LogP contribution in [0.1, 0.15) is 63.3 Å². The van der Waals surface area contributed by atoms with E-state index in [1.165, 1.54) is 0 Å². The fraction of sp³-hybridized carbons (Fsp3) is 0.519. The van der Waals surface area contributed by atoms with Gasteiger partial charge in [-0.2, -0.15) is 4.98 Å². The van der Waals surface area contributed by atoms with Gasteiger partial charge in [-0.25, -0.2) is 13.8 Å². The molecule has 1 aliphatic heterocycles. The SMILES string of the molecule is Cc1cc(=O)n(CC(C)(C)C)c2nc(NC(C)c3ccc(CN4CCCC(F)(F)C4)cc3)ncc12. The summed E-state index contributed by atoms with van der Waals surface area (Å²) < 4.78 is 29.1. The van der Waals surface area contributed by atoms with Crippen LogP contribution in [0.5, 0.6) is 0 Å². The van der Waals surface area contributed by atoms with Crippen LogP contribution in [-0.4, -0.2) is 38.4 Å². The van der Waals surface area contributed by atoms with Crippen LogP contribution in [0, 0.1) is 12.3 Å². The molecule has 1 atom stereocenters. The van der Waals surface area contributed by atoms with Gasteiger partial charge in [0, 0.05) is 37.2 Å². The van der Waals surface area contributed by atoms with Crippen LogP contribution in [0.25, 0.3) is 11.0 Å². The van der Waals surface area contributed by atoms with Crippen LogP contribution >= 0.6 is 0 Å². The number of anilines is 1. The van der Waals surface area contributed by atoms with Crippen LogP contribution in [0.3, 0.4) is 0 Å². The average Bonchev–Trinajstić information content (AvgIpc) is 2.75. The molecule has 3 heterocycles. The summed E-state index contributed by atoms with van der Waals surface area (Å²) in [5.41, 5.74) is 3.40. The molecule has 188 valence electrons. The Morgan fingerprint density at radius 1 is 1.20 bits per heavy atom. The third kappa shape index (κ3) is 6.23. The fourth-order valence-corrected chi connectivity index (χ4v) is 4.63. The third-order valence-corrected chi connectivity index (χ3v) is 6.39. The van der Waals surface area contributed by atoms with Crippen LogP contribution in [0.15, 0.2) is 41.3 Å². The van der Waals surface area contributed by atoms with E-state index in [2.05, 4.69) is 31.1 Å². The van der Waals surface area contributed by atoms with E-state index in [4.69, 9.17) is 4.98 Å². The molecule has 1 unspecified atom stereocenters. The number of alkyl halides is 2. The molecule has 35 heavy (non-hydrogen) atoms. The summed E-state index contributed by atoms with van der Waals surface area (Å²) in [6, 6.07) is 9.57. The Labute approximate surface area is 205 Å². The van der Waals surface area contributed by atoms with E-state index in [-0.39, 0.29) is 30.0 Å². The normalized spacial score (nSPS) is 17.5. The number of pyridine rings is 1. The van der Waals surface area contributed by atoms with Gasteiger partial charge in [0.2, 0.25) is 5.95 Å². The van der Waals surface area contributed by atoms with Crippen molar-refractivity contribution in [3.05, 3.63) is 63.6 Å². The maximum atomic E-state index is 13.7. The Hall–Kier alpha value is -2.87. The summed E-state index contributed by atoms with van der Waals surface area (Å²) in [4.78, 5) is 23.8. The lowest BCUT2D eigenvalue weighted by Gasteiger charge is -2.32. The summed E-state index contributed by atoms with van der Waals surface area (Å²) in [5.74, 6) is -2.13. The number of piperidine rings is 1. The summed E-state index contributed by atoms with van der Waals surface area (Å²) in [5, 5.41) is 4.20. The Balaban J connectivity index is 1.51. The van der Waals surface area contributed by atoms with Gasteiger partial charge in [-0.1, -0.05) is 45.0 Å². The van der Waals surface area contributed by atoms with Gasteiger partial charge >= 0.3 is 0 Å². The molecule has 1 fully saturated rings. The lowest BCUT2D eigenvalue weighted by atomic mass is 9.96. The van der Waals surface area contributed by atoms with Crippen molar-refractivity contribution < 1.29 is 8.78 Å². The highest BCUT2D eigenvalue weighted by Crippen LogP contribution is 2.28. The first-order valence-electron chi connectivity index (χ1n) is 12.2. The summed E-state index contributed by atoms with van der Waals surface area (Å²) in [7, 11) is 0. The number of hydrogen-bond donors (Lipinski definition) is 1.